The van der Waals surface area contributed by atoms with Crippen molar-refractivity contribution in [3.63, 3.8) is 0 Å². The molecule has 12 nitrogen and oxygen atoms in total. The lowest BCUT2D eigenvalue weighted by Gasteiger charge is -2.19. The highest BCUT2D eigenvalue weighted by molar-refractivity contribution is 7.92. The largest absolute Gasteiger partial charge is 0.456 e. The van der Waals surface area contributed by atoms with Crippen LogP contribution in [0.2, 0.25) is 30.7 Å². The Morgan fingerprint density at radius 2 is 1.78 bits per heavy atom. The summed E-state index contributed by atoms with van der Waals surface area (Å²) in [7, 11) is -3.62. The van der Waals surface area contributed by atoms with E-state index >= 15 is 0 Å². The van der Waals surface area contributed by atoms with Gasteiger partial charge in [-0.05, 0) is 24.2 Å². The van der Waals surface area contributed by atoms with Gasteiger partial charge >= 0.3 is 6.01 Å². The molecular weight excluding hydrogens is 636 g/mol. The first-order valence-electron chi connectivity index (χ1n) is 14.7. The Labute approximate surface area is 268 Å². The summed E-state index contributed by atoms with van der Waals surface area (Å²) in [6.07, 6.45) is 1.17. The fourth-order valence-corrected chi connectivity index (χ4v) is 6.74. The maximum Gasteiger partial charge on any atom is 0.301 e. The normalized spacial score (nSPS) is 21.8. The third-order valence-corrected chi connectivity index (χ3v) is 10.1. The van der Waals surface area contributed by atoms with Gasteiger partial charge in [0.1, 0.15) is 30.6 Å². The minimum Gasteiger partial charge on any atom is -0.456 e. The molecule has 1 aromatic carbocycles. The average Bonchev–Trinajstić information content (AvgIpc) is 3.65. The summed E-state index contributed by atoms with van der Waals surface area (Å²) in [6.45, 7) is 8.20. The lowest BCUT2D eigenvalue weighted by molar-refractivity contribution is 0.00336. The van der Waals surface area contributed by atoms with Crippen LogP contribution in [0.15, 0.2) is 46.8 Å². The van der Waals surface area contributed by atoms with Crippen LogP contribution < -0.4 is 4.74 Å². The minimum atomic E-state index is -2.32. The standard InChI is InChI=1S/C30H37ClN6O6SSi/c1-44(2,39)36-25-11-10-21(34-35-25)18-6-8-19(9-7-18)26-20(31)14-22-29(33-26)37(17-40-12-13-45(3,4)5)30(32-22)43-24-16-42-27-23(38)15-41-28(24)27/h6-11,14,23-24,27-28,38H,12-13,15-17H2,1-5H3/t23-,24-,27-,28-/m1/s1. The maximum absolute atomic E-state index is 12.0. The molecule has 0 saturated carbocycles. The number of fused-ring (bicyclic) bond motifs is 2. The van der Waals surface area contributed by atoms with E-state index < -0.39 is 36.1 Å². The monoisotopic (exact) mass is 672 g/mol. The summed E-state index contributed by atoms with van der Waals surface area (Å²) >= 11 is 6.76. The maximum atomic E-state index is 12.0. The second-order valence-corrected chi connectivity index (χ2v) is 21.4. The summed E-state index contributed by atoms with van der Waals surface area (Å²) < 4.78 is 41.8. The molecule has 45 heavy (non-hydrogen) atoms. The molecule has 3 aromatic heterocycles. The van der Waals surface area contributed by atoms with E-state index in [4.69, 9.17) is 40.5 Å². The Morgan fingerprint density at radius 3 is 2.47 bits per heavy atom. The number of ether oxygens (including phenoxy) is 4. The second-order valence-electron chi connectivity index (χ2n) is 12.8. The molecule has 5 heterocycles. The number of benzene rings is 1. The molecule has 1 N–H and O–H groups in total. The molecule has 2 fully saturated rings. The first-order chi connectivity index (χ1) is 21.3. The average molecular weight is 673 g/mol. The van der Waals surface area contributed by atoms with Gasteiger partial charge in [-0.2, -0.15) is 9.35 Å². The molecule has 2 saturated heterocycles. The van der Waals surface area contributed by atoms with E-state index in [-0.39, 0.29) is 26.0 Å². The first-order valence-corrected chi connectivity index (χ1v) is 21.1. The zero-order chi connectivity index (χ0) is 31.9. The molecule has 0 bridgehead atoms. The van der Waals surface area contributed by atoms with Crippen LogP contribution in [0.5, 0.6) is 6.01 Å². The number of aromatic nitrogens is 5. The van der Waals surface area contributed by atoms with Gasteiger partial charge in [0.2, 0.25) is 0 Å². The summed E-state index contributed by atoms with van der Waals surface area (Å²) in [6, 6.07) is 14.3. The van der Waals surface area contributed by atoms with E-state index in [0.717, 1.165) is 17.2 Å². The Morgan fingerprint density at radius 1 is 1.04 bits per heavy atom. The van der Waals surface area contributed by atoms with Crippen LogP contribution in [-0.4, -0.2) is 98.9 Å². The van der Waals surface area contributed by atoms with Crippen LogP contribution in [0.4, 0.5) is 5.82 Å². The van der Waals surface area contributed by atoms with Crippen LogP contribution in [0, 0.1) is 0 Å². The third kappa shape index (κ3) is 7.37. The fourth-order valence-electron chi connectivity index (χ4n) is 5.18. The third-order valence-electron chi connectivity index (χ3n) is 7.51. The Kier molecular flexibility index (Phi) is 9.00. The number of imidazole rings is 1. The van der Waals surface area contributed by atoms with Crippen molar-refractivity contribution < 1.29 is 28.3 Å². The lowest BCUT2D eigenvalue weighted by atomic mass is 10.1. The van der Waals surface area contributed by atoms with Gasteiger partial charge in [-0.15, -0.1) is 10.2 Å². The predicted octanol–water partition coefficient (Wildman–Crippen LogP) is 4.79. The second kappa shape index (κ2) is 12.7. The molecule has 0 aliphatic carbocycles. The number of nitrogens with zero attached hydrogens (tertiary/aromatic N) is 6. The number of pyridine rings is 1. The highest BCUT2D eigenvalue weighted by Gasteiger charge is 2.49. The molecular formula is C30H37ClN6O6SSi. The molecule has 4 aromatic rings. The summed E-state index contributed by atoms with van der Waals surface area (Å²) in [4.78, 5) is 9.66. The molecule has 15 heteroatoms. The van der Waals surface area contributed by atoms with Crippen molar-refractivity contribution in [1.82, 2.24) is 24.7 Å². The van der Waals surface area contributed by atoms with Gasteiger partial charge in [0.05, 0.1) is 29.6 Å². The van der Waals surface area contributed by atoms with Crippen molar-refractivity contribution in [2.45, 2.75) is 56.8 Å². The quantitative estimate of drug-likeness (QED) is 0.185. The number of hydrogen-bond acceptors (Lipinski definition) is 11. The van der Waals surface area contributed by atoms with Crippen LogP contribution in [0.1, 0.15) is 0 Å². The highest BCUT2D eigenvalue weighted by atomic mass is 35.5. The van der Waals surface area contributed by atoms with E-state index in [2.05, 4.69) is 34.2 Å². The number of aliphatic hydroxyl groups is 1. The molecule has 0 amide bonds. The van der Waals surface area contributed by atoms with Crippen LogP contribution in [0.25, 0.3) is 33.7 Å². The van der Waals surface area contributed by atoms with Crippen LogP contribution in [0.3, 0.4) is 0 Å². The number of rotatable bonds is 10. The molecule has 0 spiro atoms. The van der Waals surface area contributed by atoms with Gasteiger partial charge in [-0.25, -0.2) is 9.19 Å². The summed E-state index contributed by atoms with van der Waals surface area (Å²) in [5.74, 6) is 0.327. The minimum absolute atomic E-state index is 0.195. The van der Waals surface area contributed by atoms with Crippen molar-refractivity contribution in [3.8, 4) is 28.5 Å². The lowest BCUT2D eigenvalue weighted by Crippen LogP contribution is -2.35. The van der Waals surface area contributed by atoms with Crippen molar-refractivity contribution in [2.24, 2.45) is 4.36 Å². The molecule has 4 atom stereocenters. The molecule has 2 aliphatic rings. The molecule has 2 aliphatic heterocycles. The number of hydrogen-bond donors (Lipinski definition) is 1. The Bertz CT molecular complexity index is 1800. The summed E-state index contributed by atoms with van der Waals surface area (Å²) in [5, 5.41) is 18.9. The van der Waals surface area contributed by atoms with Crippen molar-refractivity contribution >= 4 is 46.4 Å². The fraction of sp³-hybridized carbons (Fsp3) is 0.467. The van der Waals surface area contributed by atoms with Gasteiger partial charge < -0.3 is 24.1 Å². The van der Waals surface area contributed by atoms with Crippen LogP contribution >= 0.6 is 11.6 Å². The zero-order valence-electron chi connectivity index (χ0n) is 25.8. The Hall–Kier alpha value is -2.98. The molecule has 6 rings (SSSR count). The van der Waals surface area contributed by atoms with Gasteiger partial charge in [0.25, 0.3) is 0 Å². The van der Waals surface area contributed by atoms with Gasteiger partial charge in [-0.3, -0.25) is 4.57 Å². The van der Waals surface area contributed by atoms with Crippen LogP contribution in [-0.2, 0) is 30.7 Å². The van der Waals surface area contributed by atoms with Crippen molar-refractivity contribution in [3.05, 3.63) is 47.5 Å². The number of halogens is 1. The highest BCUT2D eigenvalue weighted by Crippen LogP contribution is 2.34. The Balaban J connectivity index is 1.29. The smallest absolute Gasteiger partial charge is 0.301 e. The summed E-state index contributed by atoms with van der Waals surface area (Å²) in [5.41, 5.74) is 4.02. The molecule has 0 radical (unpaired) electrons. The van der Waals surface area contributed by atoms with E-state index in [1.807, 2.05) is 24.3 Å². The van der Waals surface area contributed by atoms with Gasteiger partial charge in [-0.1, -0.05) is 55.5 Å². The van der Waals surface area contributed by atoms with Crippen molar-refractivity contribution in [2.75, 3.05) is 32.3 Å². The van der Waals surface area contributed by atoms with Gasteiger partial charge in [0.15, 0.2) is 17.6 Å². The molecule has 0 unspecified atom stereocenters. The number of aliphatic hydroxyl groups excluding tert-OH is 1. The zero-order valence-corrected chi connectivity index (χ0v) is 28.4. The first kappa shape index (κ1) is 32.0. The van der Waals surface area contributed by atoms with Crippen molar-refractivity contribution in [1.29, 1.82) is 0 Å². The van der Waals surface area contributed by atoms with E-state index in [0.29, 0.717) is 46.0 Å². The predicted molar refractivity (Wildman–Crippen MR) is 175 cm³/mol. The molecule has 240 valence electrons. The topological polar surface area (TPSA) is 143 Å². The van der Waals surface area contributed by atoms with E-state index in [1.165, 1.54) is 0 Å². The van der Waals surface area contributed by atoms with E-state index in [1.54, 1.807) is 35.3 Å². The van der Waals surface area contributed by atoms with E-state index in [9.17, 15) is 9.32 Å². The SMILES string of the molecule is C[Si](C)(C)CCOCn1c(O[C@@H]2CO[C@H]3[C@@H]2OC[C@H]3O)nc2cc(Cl)c(-c3ccc(-c4ccc(N=S(C)(C)=O)nn4)cc3)nc21. The van der Waals surface area contributed by atoms with Gasteiger partial charge in [0, 0.05) is 48.0 Å².